The van der Waals surface area contributed by atoms with Crippen LogP contribution in [0.2, 0.25) is 0 Å². The van der Waals surface area contributed by atoms with Crippen LogP contribution in [0.3, 0.4) is 0 Å². The lowest BCUT2D eigenvalue weighted by atomic mass is 9.94. The van der Waals surface area contributed by atoms with E-state index >= 15 is 0 Å². The second kappa shape index (κ2) is 4.95. The van der Waals surface area contributed by atoms with Gasteiger partial charge < -0.3 is 5.32 Å². The van der Waals surface area contributed by atoms with Gasteiger partial charge in [0.05, 0.1) is 17.9 Å². The van der Waals surface area contributed by atoms with Gasteiger partial charge in [0.1, 0.15) is 0 Å². The summed E-state index contributed by atoms with van der Waals surface area (Å²) in [7, 11) is 4.01. The van der Waals surface area contributed by atoms with Crippen LogP contribution in [0, 0.1) is 11.8 Å². The molecule has 0 amide bonds. The maximum Gasteiger partial charge on any atom is 0.0755 e. The summed E-state index contributed by atoms with van der Waals surface area (Å²) in [5, 5.41) is 11.4. The van der Waals surface area contributed by atoms with Gasteiger partial charge >= 0.3 is 0 Å². The van der Waals surface area contributed by atoms with E-state index in [0.29, 0.717) is 6.04 Å². The van der Waals surface area contributed by atoms with Crippen LogP contribution in [-0.4, -0.2) is 22.0 Å². The second-order valence-corrected chi connectivity index (χ2v) is 4.90. The van der Waals surface area contributed by atoms with Crippen molar-refractivity contribution in [1.29, 1.82) is 0 Å². The number of nitrogens with zero attached hydrogens (tertiary/aromatic N) is 3. The lowest BCUT2D eigenvalue weighted by molar-refractivity contribution is 0.356. The van der Waals surface area contributed by atoms with E-state index in [4.69, 9.17) is 0 Å². The van der Waals surface area contributed by atoms with Gasteiger partial charge in [-0.2, -0.15) is 0 Å². The van der Waals surface area contributed by atoms with Crippen molar-refractivity contribution < 1.29 is 0 Å². The first-order valence-corrected chi connectivity index (χ1v) is 6.28. The van der Waals surface area contributed by atoms with Gasteiger partial charge in [0.15, 0.2) is 0 Å². The molecule has 0 saturated heterocycles. The third kappa shape index (κ3) is 2.12. The van der Waals surface area contributed by atoms with Crippen LogP contribution in [0.4, 0.5) is 0 Å². The highest BCUT2D eigenvalue weighted by atomic mass is 15.4. The molecule has 1 aliphatic rings. The smallest absolute Gasteiger partial charge is 0.0755 e. The van der Waals surface area contributed by atoms with Crippen molar-refractivity contribution in [2.45, 2.75) is 38.6 Å². The summed E-state index contributed by atoms with van der Waals surface area (Å²) < 4.78 is 1.89. The summed E-state index contributed by atoms with van der Waals surface area (Å²) in [6.07, 6.45) is 7.25. The number of rotatable bonds is 4. The number of aryl methyl sites for hydroxylation is 1. The molecule has 4 nitrogen and oxygen atoms in total. The highest BCUT2D eigenvalue weighted by Crippen LogP contribution is 2.39. The molecule has 3 unspecified atom stereocenters. The number of nitrogens with one attached hydrogen (secondary N) is 1. The van der Waals surface area contributed by atoms with E-state index < -0.39 is 0 Å². The molecule has 1 heterocycles. The molecule has 1 N–H and O–H groups in total. The lowest BCUT2D eigenvalue weighted by Crippen LogP contribution is -2.26. The van der Waals surface area contributed by atoms with E-state index in [1.165, 1.54) is 31.4 Å². The number of aromatic nitrogens is 3. The van der Waals surface area contributed by atoms with Gasteiger partial charge in [-0.3, -0.25) is 4.68 Å². The van der Waals surface area contributed by atoms with Crippen LogP contribution in [0.25, 0.3) is 0 Å². The summed E-state index contributed by atoms with van der Waals surface area (Å²) in [4.78, 5) is 0. The second-order valence-electron chi connectivity index (χ2n) is 4.90. The average Bonchev–Trinajstić information content (AvgIpc) is 2.90. The maximum atomic E-state index is 4.02. The summed E-state index contributed by atoms with van der Waals surface area (Å²) in [5.74, 6) is 1.66. The van der Waals surface area contributed by atoms with Gasteiger partial charge in [-0.15, -0.1) is 5.10 Å². The molecule has 0 radical (unpaired) electrons. The molecule has 1 saturated carbocycles. The fourth-order valence-corrected chi connectivity index (χ4v) is 2.99. The summed E-state index contributed by atoms with van der Waals surface area (Å²) in [6.45, 7) is 2.30. The van der Waals surface area contributed by atoms with E-state index in [9.17, 15) is 0 Å². The first-order valence-electron chi connectivity index (χ1n) is 6.28. The molecule has 3 atom stereocenters. The molecule has 0 spiro atoms. The Morgan fingerprint density at radius 3 is 2.88 bits per heavy atom. The van der Waals surface area contributed by atoms with E-state index in [1.807, 2.05) is 25.0 Å². The Kier molecular flexibility index (Phi) is 3.59. The highest BCUT2D eigenvalue weighted by molar-refractivity contribution is 5.05. The number of hydrogen-bond acceptors (Lipinski definition) is 3. The molecule has 0 aliphatic heterocycles. The predicted octanol–water partition coefficient (Wildman–Crippen LogP) is 1.90. The van der Waals surface area contributed by atoms with Gasteiger partial charge in [0.2, 0.25) is 0 Å². The van der Waals surface area contributed by atoms with E-state index in [2.05, 4.69) is 22.6 Å². The summed E-state index contributed by atoms with van der Waals surface area (Å²) in [5.41, 5.74) is 1.21. The van der Waals surface area contributed by atoms with E-state index in [0.717, 1.165) is 11.8 Å². The zero-order valence-electron chi connectivity index (χ0n) is 10.5. The summed E-state index contributed by atoms with van der Waals surface area (Å²) >= 11 is 0. The van der Waals surface area contributed by atoms with Crippen molar-refractivity contribution in [1.82, 2.24) is 20.3 Å². The Morgan fingerprint density at radius 1 is 1.56 bits per heavy atom. The number of hydrogen-bond donors (Lipinski definition) is 1. The summed E-state index contributed by atoms with van der Waals surface area (Å²) in [6, 6.07) is 0.413. The van der Waals surface area contributed by atoms with E-state index in [-0.39, 0.29) is 0 Å². The fourth-order valence-electron chi connectivity index (χ4n) is 2.99. The van der Waals surface area contributed by atoms with Crippen LogP contribution >= 0.6 is 0 Å². The Hall–Kier alpha value is -0.900. The molecular formula is C12H22N4. The normalized spacial score (nSPS) is 27.2. The minimum absolute atomic E-state index is 0.413. The van der Waals surface area contributed by atoms with Crippen molar-refractivity contribution in [2.24, 2.45) is 18.9 Å². The Bertz CT molecular complexity index is 334. The van der Waals surface area contributed by atoms with Crippen LogP contribution in [0.15, 0.2) is 6.20 Å². The minimum atomic E-state index is 0.413. The third-order valence-corrected chi connectivity index (χ3v) is 4.01. The third-order valence-electron chi connectivity index (χ3n) is 4.01. The Labute approximate surface area is 97.4 Å². The molecule has 1 fully saturated rings. The maximum absolute atomic E-state index is 4.02. The predicted molar refractivity (Wildman–Crippen MR) is 63.9 cm³/mol. The molecule has 0 bridgehead atoms. The fraction of sp³-hybridized carbons (Fsp3) is 0.833. The van der Waals surface area contributed by atoms with E-state index in [1.54, 1.807) is 0 Å². The molecule has 1 aromatic rings. The van der Waals surface area contributed by atoms with Gasteiger partial charge in [-0.1, -0.05) is 25.0 Å². The van der Waals surface area contributed by atoms with Crippen molar-refractivity contribution in [2.75, 3.05) is 7.05 Å². The lowest BCUT2D eigenvalue weighted by Gasteiger charge is -2.22. The van der Waals surface area contributed by atoms with Gasteiger partial charge in [-0.25, -0.2) is 0 Å². The zero-order valence-corrected chi connectivity index (χ0v) is 10.5. The monoisotopic (exact) mass is 222 g/mol. The largest absolute Gasteiger partial charge is 0.311 e. The quantitative estimate of drug-likeness (QED) is 0.846. The Morgan fingerprint density at radius 2 is 2.38 bits per heavy atom. The van der Waals surface area contributed by atoms with Crippen molar-refractivity contribution >= 4 is 0 Å². The molecule has 16 heavy (non-hydrogen) atoms. The molecule has 4 heteroatoms. The van der Waals surface area contributed by atoms with Crippen LogP contribution in [-0.2, 0) is 7.05 Å². The van der Waals surface area contributed by atoms with Crippen LogP contribution < -0.4 is 5.32 Å². The highest BCUT2D eigenvalue weighted by Gasteiger charge is 2.31. The van der Waals surface area contributed by atoms with Crippen LogP contribution in [0.1, 0.15) is 44.3 Å². The van der Waals surface area contributed by atoms with Crippen molar-refractivity contribution in [3.63, 3.8) is 0 Å². The molecule has 1 aliphatic carbocycles. The standard InChI is InChI=1S/C12H22N4/c1-4-9-5-6-10(7-9)12(13-2)11-8-14-15-16(11)3/h8-10,12-13H,4-7H2,1-3H3. The topological polar surface area (TPSA) is 42.7 Å². The molecule has 1 aromatic heterocycles. The minimum Gasteiger partial charge on any atom is -0.311 e. The zero-order chi connectivity index (χ0) is 11.5. The van der Waals surface area contributed by atoms with Gasteiger partial charge in [0.25, 0.3) is 0 Å². The van der Waals surface area contributed by atoms with Crippen molar-refractivity contribution in [3.8, 4) is 0 Å². The van der Waals surface area contributed by atoms with Gasteiger partial charge in [-0.05, 0) is 31.7 Å². The van der Waals surface area contributed by atoms with Crippen LogP contribution in [0.5, 0.6) is 0 Å². The molecule has 2 rings (SSSR count). The van der Waals surface area contributed by atoms with Crippen molar-refractivity contribution in [3.05, 3.63) is 11.9 Å². The first kappa shape index (κ1) is 11.6. The average molecular weight is 222 g/mol. The molecular weight excluding hydrogens is 200 g/mol. The SMILES string of the molecule is CCC1CCC(C(NC)c2cnnn2C)C1. The Balaban J connectivity index is 2.09. The van der Waals surface area contributed by atoms with Gasteiger partial charge in [0, 0.05) is 7.05 Å². The molecule has 90 valence electrons. The first-order chi connectivity index (χ1) is 7.76. The molecule has 0 aromatic carbocycles.